The number of rotatable bonds is 6. The van der Waals surface area contributed by atoms with Gasteiger partial charge in [-0.05, 0) is 45.2 Å². The second-order valence-electron chi connectivity index (χ2n) is 6.82. The van der Waals surface area contributed by atoms with Gasteiger partial charge in [0.15, 0.2) is 0 Å². The van der Waals surface area contributed by atoms with Crippen LogP contribution in [0.25, 0.3) is 0 Å². The first-order valence-corrected chi connectivity index (χ1v) is 6.84. The van der Waals surface area contributed by atoms with Crippen LogP contribution in [0.3, 0.4) is 0 Å². The van der Waals surface area contributed by atoms with E-state index in [1.165, 1.54) is 0 Å². The minimum Gasteiger partial charge on any atom is -0.368 e. The average Bonchev–Trinajstić information content (AvgIpc) is 3.06. The Kier molecular flexibility index (Phi) is 4.44. The predicted molar refractivity (Wildman–Crippen MR) is 75.3 cm³/mol. The lowest BCUT2D eigenvalue weighted by molar-refractivity contribution is -0.126. The minimum atomic E-state index is -0.561. The summed E-state index contributed by atoms with van der Waals surface area (Å²) in [6.07, 6.45) is 2.20. The van der Waals surface area contributed by atoms with E-state index in [0.717, 1.165) is 12.8 Å². The van der Waals surface area contributed by atoms with Crippen molar-refractivity contribution in [3.8, 4) is 0 Å². The number of carbonyl (C=O) groups excluding carboxylic acids is 1. The Morgan fingerprint density at radius 3 is 2.22 bits per heavy atom. The van der Waals surface area contributed by atoms with Gasteiger partial charge < -0.3 is 16.0 Å². The average molecular weight is 255 g/mol. The Morgan fingerprint density at radius 1 is 1.44 bits per heavy atom. The summed E-state index contributed by atoms with van der Waals surface area (Å²) in [6, 6.07) is 0.392. The molecule has 4 nitrogen and oxygen atoms in total. The largest absolute Gasteiger partial charge is 0.368 e. The molecule has 1 saturated carbocycles. The van der Waals surface area contributed by atoms with Gasteiger partial charge in [0, 0.05) is 12.6 Å². The quantitative estimate of drug-likeness (QED) is 0.750. The van der Waals surface area contributed by atoms with E-state index in [-0.39, 0.29) is 11.3 Å². The molecule has 18 heavy (non-hydrogen) atoms. The molecule has 2 unspecified atom stereocenters. The first kappa shape index (κ1) is 15.4. The first-order chi connectivity index (χ1) is 8.15. The molecule has 0 aromatic rings. The standard InChI is InChI=1S/C14H29N3O/c1-10(13(2,3)4)17(6)9-14(16-5,12(15)18)11-7-8-11/h10-11,16H,7-9H2,1-6H3,(H2,15,18). The molecule has 0 radical (unpaired) electrons. The molecule has 0 aromatic carbocycles. The fourth-order valence-corrected chi connectivity index (χ4v) is 2.58. The van der Waals surface area contributed by atoms with Crippen molar-refractivity contribution in [2.45, 2.75) is 52.1 Å². The summed E-state index contributed by atoms with van der Waals surface area (Å²) < 4.78 is 0. The first-order valence-electron chi connectivity index (χ1n) is 6.84. The van der Waals surface area contributed by atoms with Crippen LogP contribution in [0.5, 0.6) is 0 Å². The van der Waals surface area contributed by atoms with E-state index < -0.39 is 5.54 Å². The maximum absolute atomic E-state index is 11.9. The Morgan fingerprint density at radius 2 is 1.94 bits per heavy atom. The highest BCUT2D eigenvalue weighted by Crippen LogP contribution is 2.40. The van der Waals surface area contributed by atoms with Crippen molar-refractivity contribution in [1.29, 1.82) is 0 Å². The van der Waals surface area contributed by atoms with E-state index in [1.807, 2.05) is 7.05 Å². The minimum absolute atomic E-state index is 0.190. The molecule has 0 saturated heterocycles. The number of nitrogens with zero attached hydrogens (tertiary/aromatic N) is 1. The summed E-state index contributed by atoms with van der Waals surface area (Å²) in [5.74, 6) is 0.176. The molecule has 4 heteroatoms. The molecule has 0 heterocycles. The lowest BCUT2D eigenvalue weighted by Crippen LogP contribution is -2.63. The summed E-state index contributed by atoms with van der Waals surface area (Å²) in [5.41, 5.74) is 5.28. The molecule has 0 aromatic heterocycles. The Bertz CT molecular complexity index is 307. The van der Waals surface area contributed by atoms with Gasteiger partial charge in [-0.3, -0.25) is 4.79 Å². The molecule has 2 atom stereocenters. The maximum Gasteiger partial charge on any atom is 0.239 e. The number of carbonyl (C=O) groups is 1. The third kappa shape index (κ3) is 3.04. The highest BCUT2D eigenvalue weighted by atomic mass is 16.1. The normalized spacial score (nSPS) is 21.7. The van der Waals surface area contributed by atoms with Crippen molar-refractivity contribution in [3.63, 3.8) is 0 Å². The highest BCUT2D eigenvalue weighted by Gasteiger charge is 2.50. The molecule has 1 rings (SSSR count). The number of primary amides is 1. The van der Waals surface area contributed by atoms with E-state index in [2.05, 4.69) is 45.0 Å². The van der Waals surface area contributed by atoms with Crippen molar-refractivity contribution < 1.29 is 4.79 Å². The van der Waals surface area contributed by atoms with Gasteiger partial charge in [0.2, 0.25) is 5.91 Å². The molecule has 1 aliphatic carbocycles. The van der Waals surface area contributed by atoms with Crippen molar-refractivity contribution in [1.82, 2.24) is 10.2 Å². The van der Waals surface area contributed by atoms with E-state index in [0.29, 0.717) is 18.5 Å². The van der Waals surface area contributed by atoms with Gasteiger partial charge in [-0.2, -0.15) is 0 Å². The molecular weight excluding hydrogens is 226 g/mol. The van der Waals surface area contributed by atoms with Crippen molar-refractivity contribution >= 4 is 5.91 Å². The molecule has 0 spiro atoms. The maximum atomic E-state index is 11.9. The second-order valence-corrected chi connectivity index (χ2v) is 6.82. The van der Waals surface area contributed by atoms with E-state index in [4.69, 9.17) is 5.73 Å². The second kappa shape index (κ2) is 5.17. The Hall–Kier alpha value is -0.610. The van der Waals surface area contributed by atoms with Gasteiger partial charge in [0.25, 0.3) is 0 Å². The summed E-state index contributed by atoms with van der Waals surface area (Å²) >= 11 is 0. The van der Waals surface area contributed by atoms with Crippen LogP contribution in [0.2, 0.25) is 0 Å². The zero-order valence-electron chi connectivity index (χ0n) is 12.7. The van der Waals surface area contributed by atoms with Crippen LogP contribution < -0.4 is 11.1 Å². The summed E-state index contributed by atoms with van der Waals surface area (Å²) in [7, 11) is 3.92. The van der Waals surface area contributed by atoms with Gasteiger partial charge in [0.05, 0.1) is 0 Å². The lowest BCUT2D eigenvalue weighted by atomic mass is 9.85. The van der Waals surface area contributed by atoms with Crippen LogP contribution in [0.15, 0.2) is 0 Å². The van der Waals surface area contributed by atoms with Crippen molar-refractivity contribution in [3.05, 3.63) is 0 Å². The summed E-state index contributed by atoms with van der Waals surface area (Å²) in [6.45, 7) is 9.54. The Balaban J connectivity index is 2.81. The third-order valence-electron chi connectivity index (χ3n) is 4.57. The number of likely N-dealkylation sites (N-methyl/N-ethyl adjacent to an activating group) is 2. The molecular formula is C14H29N3O. The topological polar surface area (TPSA) is 58.4 Å². The van der Waals surface area contributed by atoms with E-state index in [1.54, 1.807) is 0 Å². The molecule has 0 aliphatic heterocycles. The van der Waals surface area contributed by atoms with Crippen molar-refractivity contribution in [2.24, 2.45) is 17.1 Å². The van der Waals surface area contributed by atoms with Crippen LogP contribution in [0, 0.1) is 11.3 Å². The third-order valence-corrected chi connectivity index (χ3v) is 4.57. The monoisotopic (exact) mass is 255 g/mol. The molecule has 1 aliphatic rings. The van der Waals surface area contributed by atoms with E-state index >= 15 is 0 Å². The van der Waals surface area contributed by atoms with Crippen LogP contribution in [0.4, 0.5) is 0 Å². The van der Waals surface area contributed by atoms with Crippen LogP contribution >= 0.6 is 0 Å². The fourth-order valence-electron chi connectivity index (χ4n) is 2.58. The number of hydrogen-bond acceptors (Lipinski definition) is 3. The molecule has 106 valence electrons. The smallest absolute Gasteiger partial charge is 0.239 e. The van der Waals surface area contributed by atoms with Gasteiger partial charge in [-0.15, -0.1) is 0 Å². The fraction of sp³-hybridized carbons (Fsp3) is 0.929. The zero-order chi connectivity index (χ0) is 14.1. The Labute approximate surface area is 111 Å². The molecule has 0 bridgehead atoms. The van der Waals surface area contributed by atoms with Crippen LogP contribution in [-0.2, 0) is 4.79 Å². The molecule has 3 N–H and O–H groups in total. The SMILES string of the molecule is CNC(CN(C)C(C)C(C)(C)C)(C(N)=O)C1CC1. The zero-order valence-corrected chi connectivity index (χ0v) is 12.7. The van der Waals surface area contributed by atoms with Gasteiger partial charge >= 0.3 is 0 Å². The van der Waals surface area contributed by atoms with Gasteiger partial charge in [-0.1, -0.05) is 20.8 Å². The van der Waals surface area contributed by atoms with Crippen LogP contribution in [0.1, 0.15) is 40.5 Å². The summed E-state index contributed by atoms with van der Waals surface area (Å²) in [5, 5.41) is 3.20. The molecule has 1 amide bonds. The number of amides is 1. The summed E-state index contributed by atoms with van der Waals surface area (Å²) in [4.78, 5) is 14.1. The van der Waals surface area contributed by atoms with Crippen LogP contribution in [-0.4, -0.2) is 43.0 Å². The lowest BCUT2D eigenvalue weighted by Gasteiger charge is -2.41. The number of nitrogens with two attached hydrogens (primary N) is 1. The van der Waals surface area contributed by atoms with Crippen molar-refractivity contribution in [2.75, 3.05) is 20.6 Å². The number of hydrogen-bond donors (Lipinski definition) is 2. The number of nitrogens with one attached hydrogen (secondary N) is 1. The highest BCUT2D eigenvalue weighted by molar-refractivity contribution is 5.86. The van der Waals surface area contributed by atoms with Gasteiger partial charge in [0.1, 0.15) is 5.54 Å². The van der Waals surface area contributed by atoms with E-state index in [9.17, 15) is 4.79 Å². The predicted octanol–water partition coefficient (Wildman–Crippen LogP) is 1.21. The molecule has 1 fully saturated rings. The van der Waals surface area contributed by atoms with Gasteiger partial charge in [-0.25, -0.2) is 0 Å².